The number of ether oxygens (including phenoxy) is 3. The highest BCUT2D eigenvalue weighted by Crippen LogP contribution is 2.29. The molecule has 6 nitrogen and oxygen atoms in total. The van der Waals surface area contributed by atoms with E-state index < -0.39 is 18.5 Å². The van der Waals surface area contributed by atoms with Gasteiger partial charge in [0.25, 0.3) is 5.91 Å². The first kappa shape index (κ1) is 18.9. The molecule has 0 aliphatic rings. The van der Waals surface area contributed by atoms with Gasteiger partial charge in [-0.05, 0) is 24.3 Å². The normalized spacial score (nSPS) is 10.0. The summed E-state index contributed by atoms with van der Waals surface area (Å²) in [7, 11) is 1.49. The van der Waals surface area contributed by atoms with Crippen LogP contribution in [0.2, 0.25) is 10.0 Å². The highest BCUT2D eigenvalue weighted by Gasteiger charge is 2.12. The molecule has 8 heteroatoms. The molecule has 1 amide bonds. The molecule has 0 saturated carbocycles. The van der Waals surface area contributed by atoms with Gasteiger partial charge in [0, 0.05) is 0 Å². The van der Waals surface area contributed by atoms with Crippen molar-refractivity contribution in [2.24, 2.45) is 0 Å². The first-order valence-corrected chi connectivity index (χ1v) is 7.92. The zero-order valence-electron chi connectivity index (χ0n) is 13.3. The van der Waals surface area contributed by atoms with Crippen LogP contribution >= 0.6 is 23.2 Å². The van der Waals surface area contributed by atoms with Crippen molar-refractivity contribution < 1.29 is 23.8 Å². The fourth-order valence-corrected chi connectivity index (χ4v) is 2.20. The Morgan fingerprint density at radius 3 is 2.44 bits per heavy atom. The lowest BCUT2D eigenvalue weighted by atomic mass is 10.3. The third kappa shape index (κ3) is 5.55. The van der Waals surface area contributed by atoms with Gasteiger partial charge in [-0.25, -0.2) is 4.79 Å². The molecule has 0 fully saturated rings. The maximum atomic E-state index is 11.8. The highest BCUT2D eigenvalue weighted by atomic mass is 35.5. The average molecular weight is 384 g/mol. The number of hydrogen-bond acceptors (Lipinski definition) is 5. The van der Waals surface area contributed by atoms with E-state index in [0.717, 1.165) is 0 Å². The van der Waals surface area contributed by atoms with Gasteiger partial charge in [0.15, 0.2) is 24.7 Å². The number of nitrogens with one attached hydrogen (secondary N) is 1. The van der Waals surface area contributed by atoms with Crippen molar-refractivity contribution >= 4 is 40.8 Å². The number of hydrogen-bond donors (Lipinski definition) is 1. The van der Waals surface area contributed by atoms with Crippen molar-refractivity contribution in [1.29, 1.82) is 0 Å². The summed E-state index contributed by atoms with van der Waals surface area (Å²) in [4.78, 5) is 23.5. The molecule has 1 N–H and O–H groups in total. The Morgan fingerprint density at radius 1 is 1.00 bits per heavy atom. The highest BCUT2D eigenvalue weighted by molar-refractivity contribution is 6.44. The van der Waals surface area contributed by atoms with Gasteiger partial charge in [-0.3, -0.25) is 4.79 Å². The summed E-state index contributed by atoms with van der Waals surface area (Å²) in [6.07, 6.45) is 0. The first-order valence-electron chi connectivity index (χ1n) is 7.16. The molecule has 2 rings (SSSR count). The van der Waals surface area contributed by atoms with Crippen LogP contribution in [0.15, 0.2) is 42.5 Å². The minimum absolute atomic E-state index is 0.211. The predicted octanol–water partition coefficient (Wildman–Crippen LogP) is 3.56. The van der Waals surface area contributed by atoms with E-state index in [1.165, 1.54) is 7.11 Å². The second-order valence-electron chi connectivity index (χ2n) is 4.75. The predicted molar refractivity (Wildman–Crippen MR) is 94.5 cm³/mol. The van der Waals surface area contributed by atoms with E-state index in [2.05, 4.69) is 5.32 Å². The summed E-state index contributed by atoms with van der Waals surface area (Å²) in [5, 5.41) is 3.02. The quantitative estimate of drug-likeness (QED) is 0.739. The molecular formula is C17H15Cl2NO5. The maximum absolute atomic E-state index is 11.8. The smallest absolute Gasteiger partial charge is 0.344 e. The summed E-state index contributed by atoms with van der Waals surface area (Å²) >= 11 is 11.8. The number of benzene rings is 2. The lowest BCUT2D eigenvalue weighted by Crippen LogP contribution is -2.23. The number of esters is 1. The van der Waals surface area contributed by atoms with E-state index >= 15 is 0 Å². The lowest BCUT2D eigenvalue weighted by Gasteiger charge is -2.11. The van der Waals surface area contributed by atoms with Gasteiger partial charge in [-0.1, -0.05) is 41.4 Å². The summed E-state index contributed by atoms with van der Waals surface area (Å²) in [5.41, 5.74) is 0.334. The van der Waals surface area contributed by atoms with E-state index in [-0.39, 0.29) is 11.6 Å². The molecule has 0 spiro atoms. The van der Waals surface area contributed by atoms with Crippen LogP contribution in [0.5, 0.6) is 11.5 Å². The molecule has 0 radical (unpaired) electrons. The number of carbonyl (C=O) groups is 2. The van der Waals surface area contributed by atoms with Crippen molar-refractivity contribution in [2.75, 3.05) is 25.6 Å². The zero-order chi connectivity index (χ0) is 18.2. The molecule has 2 aromatic carbocycles. The van der Waals surface area contributed by atoms with Gasteiger partial charge in [0.1, 0.15) is 0 Å². The Hall–Kier alpha value is -2.44. The number of anilines is 1. The lowest BCUT2D eigenvalue weighted by molar-refractivity contribution is -0.149. The summed E-state index contributed by atoms with van der Waals surface area (Å²) < 4.78 is 15.3. The topological polar surface area (TPSA) is 73.9 Å². The third-order valence-electron chi connectivity index (χ3n) is 3.00. The number of methoxy groups -OCH3 is 1. The molecule has 0 saturated heterocycles. The molecule has 0 aliphatic heterocycles. The summed E-state index contributed by atoms with van der Waals surface area (Å²) in [6, 6.07) is 11.7. The number of carbonyl (C=O) groups excluding carboxylic acids is 2. The Labute approximate surface area is 154 Å². The number of rotatable bonds is 7. The fraction of sp³-hybridized carbons (Fsp3) is 0.176. The van der Waals surface area contributed by atoms with Crippen molar-refractivity contribution in [1.82, 2.24) is 0 Å². The molecule has 0 aliphatic carbocycles. The van der Waals surface area contributed by atoms with Crippen molar-refractivity contribution in [3.05, 3.63) is 52.5 Å². The second-order valence-corrected chi connectivity index (χ2v) is 5.53. The van der Waals surface area contributed by atoms with E-state index in [9.17, 15) is 9.59 Å². The van der Waals surface area contributed by atoms with Gasteiger partial charge in [-0.2, -0.15) is 0 Å². The van der Waals surface area contributed by atoms with Gasteiger partial charge in [-0.15, -0.1) is 0 Å². The SMILES string of the molecule is COc1ccccc1OCC(=O)OCC(=O)Nc1cccc(Cl)c1Cl. The van der Waals surface area contributed by atoms with E-state index in [1.54, 1.807) is 42.5 Å². The van der Waals surface area contributed by atoms with Crippen molar-refractivity contribution in [3.63, 3.8) is 0 Å². The van der Waals surface area contributed by atoms with Crippen LogP contribution in [0.25, 0.3) is 0 Å². The summed E-state index contributed by atoms with van der Waals surface area (Å²) in [5.74, 6) is -0.353. The third-order valence-corrected chi connectivity index (χ3v) is 3.82. The van der Waals surface area contributed by atoms with Crippen LogP contribution in [0.1, 0.15) is 0 Å². The minimum Gasteiger partial charge on any atom is -0.493 e. The monoisotopic (exact) mass is 383 g/mol. The molecule has 0 atom stereocenters. The summed E-state index contributed by atoms with van der Waals surface area (Å²) in [6.45, 7) is -0.831. The fourth-order valence-electron chi connectivity index (χ4n) is 1.85. The van der Waals surface area contributed by atoms with Crippen molar-refractivity contribution in [2.45, 2.75) is 0 Å². The molecule has 0 unspecified atom stereocenters. The van der Waals surface area contributed by atoms with Gasteiger partial charge < -0.3 is 19.5 Å². The van der Waals surface area contributed by atoms with Crippen molar-refractivity contribution in [3.8, 4) is 11.5 Å². The number of amides is 1. The Balaban J connectivity index is 1.79. The van der Waals surface area contributed by atoms with Gasteiger partial charge in [0.05, 0.1) is 22.8 Å². The maximum Gasteiger partial charge on any atom is 0.344 e. The molecule has 0 aromatic heterocycles. The molecule has 25 heavy (non-hydrogen) atoms. The average Bonchev–Trinajstić information content (AvgIpc) is 2.62. The molecule has 0 heterocycles. The number of para-hydroxylation sites is 2. The van der Waals surface area contributed by atoms with E-state index in [0.29, 0.717) is 22.2 Å². The van der Waals surface area contributed by atoms with E-state index in [1.807, 2.05) is 0 Å². The van der Waals surface area contributed by atoms with Crippen LogP contribution in [0, 0.1) is 0 Å². The molecular weight excluding hydrogens is 369 g/mol. The molecule has 2 aromatic rings. The zero-order valence-corrected chi connectivity index (χ0v) is 14.8. The standard InChI is InChI=1S/C17H15Cl2NO5/c1-23-13-7-2-3-8-14(13)24-10-16(22)25-9-15(21)20-12-6-4-5-11(18)17(12)19/h2-8H,9-10H2,1H3,(H,20,21). The molecule has 0 bridgehead atoms. The first-order chi connectivity index (χ1) is 12.0. The Morgan fingerprint density at radius 2 is 1.72 bits per heavy atom. The van der Waals surface area contributed by atoms with E-state index in [4.69, 9.17) is 37.4 Å². The minimum atomic E-state index is -0.696. The van der Waals surface area contributed by atoms with Gasteiger partial charge in [0.2, 0.25) is 0 Å². The van der Waals surface area contributed by atoms with Gasteiger partial charge >= 0.3 is 5.97 Å². The van der Waals surface area contributed by atoms with Crippen LogP contribution in [0.3, 0.4) is 0 Å². The molecule has 132 valence electrons. The Kier molecular flexibility index (Phi) is 6.91. The largest absolute Gasteiger partial charge is 0.493 e. The van der Waals surface area contributed by atoms with Crippen LogP contribution < -0.4 is 14.8 Å². The van der Waals surface area contributed by atoms with Crippen LogP contribution in [-0.4, -0.2) is 32.2 Å². The van der Waals surface area contributed by atoms with Crippen LogP contribution in [0.4, 0.5) is 5.69 Å². The van der Waals surface area contributed by atoms with Crippen LogP contribution in [-0.2, 0) is 14.3 Å². The second kappa shape index (κ2) is 9.15. The number of halogens is 2. The Bertz CT molecular complexity index is 766.